The number of esters is 1. The van der Waals surface area contributed by atoms with Gasteiger partial charge in [-0.25, -0.2) is 4.79 Å². The van der Waals surface area contributed by atoms with Gasteiger partial charge in [0, 0.05) is 0 Å². The first-order valence-electron chi connectivity index (χ1n) is 11.4. The summed E-state index contributed by atoms with van der Waals surface area (Å²) in [4.78, 5) is 39.6. The first-order valence-corrected chi connectivity index (χ1v) is 13.0. The van der Waals surface area contributed by atoms with Crippen LogP contribution in [-0.2, 0) is 4.79 Å². The Balaban J connectivity index is 1.26. The van der Waals surface area contributed by atoms with Crippen molar-refractivity contribution in [3.8, 4) is 11.5 Å². The fourth-order valence-electron chi connectivity index (χ4n) is 3.86. The molecule has 6 nitrogen and oxygen atoms in total. The molecule has 0 bridgehead atoms. The van der Waals surface area contributed by atoms with Crippen molar-refractivity contribution in [3.63, 3.8) is 0 Å². The van der Waals surface area contributed by atoms with Crippen molar-refractivity contribution in [2.75, 3.05) is 13.2 Å². The van der Waals surface area contributed by atoms with Gasteiger partial charge in [-0.05, 0) is 80.4 Å². The summed E-state index contributed by atoms with van der Waals surface area (Å²) >= 11 is 4.33. The molecule has 1 saturated heterocycles. The van der Waals surface area contributed by atoms with Gasteiger partial charge in [0.25, 0.3) is 11.1 Å². The minimum Gasteiger partial charge on any atom is -0.492 e. The van der Waals surface area contributed by atoms with Gasteiger partial charge in [-0.1, -0.05) is 60.7 Å². The van der Waals surface area contributed by atoms with Gasteiger partial charge in [0.15, 0.2) is 0 Å². The van der Waals surface area contributed by atoms with Crippen LogP contribution in [0.3, 0.4) is 0 Å². The number of halogens is 1. The maximum absolute atomic E-state index is 12.9. The molecule has 0 unspecified atom stereocenters. The Morgan fingerprint density at radius 2 is 1.68 bits per heavy atom. The zero-order valence-corrected chi connectivity index (χ0v) is 21.8. The minimum absolute atomic E-state index is 0.156. The van der Waals surface area contributed by atoms with Gasteiger partial charge in [-0.15, -0.1) is 0 Å². The highest BCUT2D eigenvalue weighted by molar-refractivity contribution is 9.10. The summed E-state index contributed by atoms with van der Waals surface area (Å²) in [5, 5.41) is 1.42. The standard InChI is InChI=1S/C29H20BrNO5S/c30-24-17-19(13-14-25(24)36-28(33)23-12-6-8-20-7-4-5-11-22(20)23)18-26-27(32)31(29(34)37-26)15-16-35-21-9-2-1-3-10-21/h1-14,17-18H,15-16H2/b26-18-. The molecule has 0 radical (unpaired) electrons. The highest BCUT2D eigenvalue weighted by Gasteiger charge is 2.34. The van der Waals surface area contributed by atoms with Gasteiger partial charge >= 0.3 is 5.97 Å². The number of nitrogens with zero attached hydrogens (tertiary/aromatic N) is 1. The molecule has 0 aliphatic carbocycles. The molecular weight excluding hydrogens is 554 g/mol. The van der Waals surface area contributed by atoms with Crippen molar-refractivity contribution in [1.29, 1.82) is 0 Å². The molecular formula is C29H20BrNO5S. The quantitative estimate of drug-likeness (QED) is 0.135. The van der Waals surface area contributed by atoms with E-state index < -0.39 is 5.97 Å². The topological polar surface area (TPSA) is 72.9 Å². The molecule has 0 atom stereocenters. The van der Waals surface area contributed by atoms with E-state index in [4.69, 9.17) is 9.47 Å². The molecule has 4 aromatic carbocycles. The van der Waals surface area contributed by atoms with Gasteiger partial charge in [-0.3, -0.25) is 14.5 Å². The summed E-state index contributed by atoms with van der Waals surface area (Å²) in [5.41, 5.74) is 1.15. The third-order valence-electron chi connectivity index (χ3n) is 5.67. The van der Waals surface area contributed by atoms with Crippen LogP contribution in [0.15, 0.2) is 100 Å². The molecule has 0 saturated carbocycles. The number of para-hydroxylation sites is 1. The van der Waals surface area contributed by atoms with E-state index in [9.17, 15) is 14.4 Å². The van der Waals surface area contributed by atoms with E-state index in [2.05, 4.69) is 15.9 Å². The molecule has 37 heavy (non-hydrogen) atoms. The number of carbonyl (C=O) groups excluding carboxylic acids is 3. The fraction of sp³-hybridized carbons (Fsp3) is 0.0690. The van der Waals surface area contributed by atoms with E-state index in [1.807, 2.05) is 66.7 Å². The van der Waals surface area contributed by atoms with E-state index in [1.165, 1.54) is 4.90 Å². The molecule has 8 heteroatoms. The predicted molar refractivity (Wildman–Crippen MR) is 148 cm³/mol. The minimum atomic E-state index is -0.468. The number of hydrogen-bond donors (Lipinski definition) is 0. The van der Waals surface area contributed by atoms with Crippen LogP contribution in [0.1, 0.15) is 15.9 Å². The lowest BCUT2D eigenvalue weighted by Gasteiger charge is -2.13. The molecule has 1 fully saturated rings. The van der Waals surface area contributed by atoms with Crippen molar-refractivity contribution in [1.82, 2.24) is 4.90 Å². The number of benzene rings is 4. The van der Waals surface area contributed by atoms with Crippen molar-refractivity contribution >= 4 is 61.7 Å². The second-order valence-corrected chi connectivity index (χ2v) is 9.95. The van der Waals surface area contributed by atoms with Gasteiger partial charge < -0.3 is 9.47 Å². The molecule has 1 aliphatic rings. The Morgan fingerprint density at radius 3 is 2.49 bits per heavy atom. The summed E-state index contributed by atoms with van der Waals surface area (Å²) in [6, 6.07) is 27.4. The van der Waals surface area contributed by atoms with Gasteiger partial charge in [-0.2, -0.15) is 0 Å². The number of hydrogen-bond acceptors (Lipinski definition) is 6. The number of ether oxygens (including phenoxy) is 2. The average Bonchev–Trinajstić information content (AvgIpc) is 3.17. The Labute approximate surface area is 226 Å². The number of thioether (sulfide) groups is 1. The van der Waals surface area contributed by atoms with E-state index in [0.29, 0.717) is 32.0 Å². The van der Waals surface area contributed by atoms with Crippen LogP contribution in [0.2, 0.25) is 0 Å². The molecule has 5 rings (SSSR count). The lowest BCUT2D eigenvalue weighted by molar-refractivity contribution is -0.123. The largest absolute Gasteiger partial charge is 0.492 e. The van der Waals surface area contributed by atoms with Crippen LogP contribution < -0.4 is 9.47 Å². The molecule has 0 N–H and O–H groups in total. The number of carbonyl (C=O) groups is 3. The molecule has 0 spiro atoms. The van der Waals surface area contributed by atoms with Crippen LogP contribution in [0.25, 0.3) is 16.8 Å². The summed E-state index contributed by atoms with van der Waals surface area (Å²) in [7, 11) is 0. The first-order chi connectivity index (χ1) is 18.0. The number of imide groups is 1. The monoisotopic (exact) mass is 573 g/mol. The van der Waals surface area contributed by atoms with Crippen LogP contribution >= 0.6 is 27.7 Å². The second kappa shape index (κ2) is 11.0. The van der Waals surface area contributed by atoms with E-state index in [-0.39, 0.29) is 24.3 Å². The third-order valence-corrected chi connectivity index (χ3v) is 7.19. The summed E-state index contributed by atoms with van der Waals surface area (Å²) < 4.78 is 11.8. The molecule has 4 aromatic rings. The van der Waals surface area contributed by atoms with Crippen LogP contribution in [-0.4, -0.2) is 35.2 Å². The first kappa shape index (κ1) is 24.8. The normalized spacial score (nSPS) is 14.4. The van der Waals surface area contributed by atoms with Crippen molar-refractivity contribution < 1.29 is 23.9 Å². The number of amides is 2. The second-order valence-electron chi connectivity index (χ2n) is 8.10. The Bertz CT molecular complexity index is 1530. The average molecular weight is 574 g/mol. The zero-order chi connectivity index (χ0) is 25.8. The maximum Gasteiger partial charge on any atom is 0.344 e. The summed E-state index contributed by atoms with van der Waals surface area (Å²) in [5.74, 6) is 0.190. The van der Waals surface area contributed by atoms with E-state index in [0.717, 1.165) is 22.5 Å². The Morgan fingerprint density at radius 1 is 0.919 bits per heavy atom. The van der Waals surface area contributed by atoms with Gasteiger partial charge in [0.05, 0.1) is 21.5 Å². The van der Waals surface area contributed by atoms with E-state index in [1.54, 1.807) is 30.3 Å². The number of rotatable bonds is 7. The molecule has 2 amide bonds. The highest BCUT2D eigenvalue weighted by atomic mass is 79.9. The summed E-state index contributed by atoms with van der Waals surface area (Å²) in [6.45, 7) is 0.362. The molecule has 184 valence electrons. The predicted octanol–water partition coefficient (Wildman–Crippen LogP) is 6.94. The van der Waals surface area contributed by atoms with Crippen molar-refractivity contribution in [3.05, 3.63) is 112 Å². The lowest BCUT2D eigenvalue weighted by atomic mass is 10.0. The maximum atomic E-state index is 12.9. The molecule has 1 aliphatic heterocycles. The Kier molecular flexibility index (Phi) is 7.39. The van der Waals surface area contributed by atoms with Crippen molar-refractivity contribution in [2.45, 2.75) is 0 Å². The van der Waals surface area contributed by atoms with Gasteiger partial charge in [0.1, 0.15) is 18.1 Å². The molecule has 0 aromatic heterocycles. The van der Waals surface area contributed by atoms with Crippen molar-refractivity contribution in [2.24, 2.45) is 0 Å². The lowest BCUT2D eigenvalue weighted by Crippen LogP contribution is -2.32. The van der Waals surface area contributed by atoms with Crippen LogP contribution in [0.4, 0.5) is 4.79 Å². The molecule has 1 heterocycles. The fourth-order valence-corrected chi connectivity index (χ4v) is 5.21. The summed E-state index contributed by atoms with van der Waals surface area (Å²) in [6.07, 6.45) is 1.64. The third kappa shape index (κ3) is 5.60. The SMILES string of the molecule is O=C(Oc1ccc(/C=C2\SC(=O)N(CCOc3ccccc3)C2=O)cc1Br)c1cccc2ccccc12. The van der Waals surface area contributed by atoms with Crippen LogP contribution in [0, 0.1) is 0 Å². The van der Waals surface area contributed by atoms with Crippen LogP contribution in [0.5, 0.6) is 11.5 Å². The highest BCUT2D eigenvalue weighted by Crippen LogP contribution is 2.34. The Hall–Kier alpha value is -3.88. The number of fused-ring (bicyclic) bond motifs is 1. The van der Waals surface area contributed by atoms with Gasteiger partial charge in [0.2, 0.25) is 0 Å². The zero-order valence-electron chi connectivity index (χ0n) is 19.4. The van der Waals surface area contributed by atoms with E-state index >= 15 is 0 Å². The smallest absolute Gasteiger partial charge is 0.344 e.